The van der Waals surface area contributed by atoms with Gasteiger partial charge in [0.15, 0.2) is 10.9 Å². The molecular formula is C4H6N6S. The zero-order valence-corrected chi connectivity index (χ0v) is 6.27. The Morgan fingerprint density at radius 2 is 2.36 bits per heavy atom. The highest BCUT2D eigenvalue weighted by Crippen LogP contribution is 1.98. The molecule has 0 saturated heterocycles. The van der Waals surface area contributed by atoms with Crippen molar-refractivity contribution in [2.45, 2.75) is 6.17 Å². The van der Waals surface area contributed by atoms with E-state index in [-0.39, 0.29) is 6.17 Å². The van der Waals surface area contributed by atoms with Crippen LogP contribution in [0.4, 0.5) is 0 Å². The topological polar surface area (TPSA) is 86.8 Å². The fourth-order valence-electron chi connectivity index (χ4n) is 0.922. The number of amidine groups is 1. The summed E-state index contributed by atoms with van der Waals surface area (Å²) >= 11 is 4.81. The first-order valence-electron chi connectivity index (χ1n) is 3.00. The molecule has 0 aliphatic carbocycles. The minimum Gasteiger partial charge on any atom is -0.382 e. The smallest absolute Gasteiger partial charge is 0.196 e. The number of thiocarbonyl (C=S) groups is 1. The van der Waals surface area contributed by atoms with Crippen molar-refractivity contribution in [2.24, 2.45) is 15.8 Å². The van der Waals surface area contributed by atoms with Crippen molar-refractivity contribution in [1.29, 1.82) is 0 Å². The van der Waals surface area contributed by atoms with E-state index >= 15 is 0 Å². The van der Waals surface area contributed by atoms with Gasteiger partial charge in [0.2, 0.25) is 0 Å². The molecular weight excluding hydrogens is 164 g/mol. The van der Waals surface area contributed by atoms with Crippen LogP contribution >= 0.6 is 12.2 Å². The highest BCUT2D eigenvalue weighted by atomic mass is 32.1. The lowest BCUT2D eigenvalue weighted by atomic mass is 10.2. The van der Waals surface area contributed by atoms with E-state index in [9.17, 15) is 0 Å². The molecule has 0 aromatic rings. The van der Waals surface area contributed by atoms with Gasteiger partial charge in [0.05, 0.1) is 0 Å². The number of hydrogen-bond donors (Lipinski definition) is 4. The molecule has 0 aromatic heterocycles. The molecule has 1 atom stereocenters. The number of fused-ring (bicyclic) bond motifs is 1. The van der Waals surface area contributed by atoms with Crippen LogP contribution in [0.2, 0.25) is 0 Å². The SMILES string of the molecule is NC1=NC(=S)NC2NNN=C12. The third-order valence-electron chi connectivity index (χ3n) is 1.41. The van der Waals surface area contributed by atoms with Crippen LogP contribution in [0, 0.1) is 0 Å². The number of aliphatic imine (C=N–C) groups is 1. The Morgan fingerprint density at radius 3 is 3.18 bits per heavy atom. The van der Waals surface area contributed by atoms with Crippen molar-refractivity contribution in [3.8, 4) is 0 Å². The third-order valence-corrected chi connectivity index (χ3v) is 1.62. The Bertz CT molecular complexity index is 268. The molecule has 0 aromatic carbocycles. The minimum absolute atomic E-state index is 0.139. The van der Waals surface area contributed by atoms with Gasteiger partial charge in [-0.15, -0.1) is 0 Å². The zero-order chi connectivity index (χ0) is 7.84. The Hall–Kier alpha value is -1.21. The monoisotopic (exact) mass is 170 g/mol. The number of hydrazone groups is 1. The predicted molar refractivity (Wildman–Crippen MR) is 44.9 cm³/mol. The second kappa shape index (κ2) is 2.14. The van der Waals surface area contributed by atoms with Gasteiger partial charge in [-0.25, -0.2) is 10.5 Å². The van der Waals surface area contributed by atoms with E-state index in [0.29, 0.717) is 16.7 Å². The van der Waals surface area contributed by atoms with Crippen molar-refractivity contribution in [2.75, 3.05) is 0 Å². The Morgan fingerprint density at radius 1 is 1.55 bits per heavy atom. The molecule has 58 valence electrons. The summed E-state index contributed by atoms with van der Waals surface area (Å²) in [5.74, 6) is 0.358. The van der Waals surface area contributed by atoms with Crippen molar-refractivity contribution in [3.63, 3.8) is 0 Å². The molecule has 7 heteroatoms. The van der Waals surface area contributed by atoms with Gasteiger partial charge in [-0.3, -0.25) is 0 Å². The lowest BCUT2D eigenvalue weighted by Crippen LogP contribution is -2.55. The van der Waals surface area contributed by atoms with E-state index < -0.39 is 0 Å². The van der Waals surface area contributed by atoms with Crippen molar-refractivity contribution >= 4 is 28.9 Å². The maximum Gasteiger partial charge on any atom is 0.196 e. The van der Waals surface area contributed by atoms with E-state index in [1.807, 2.05) is 0 Å². The maximum absolute atomic E-state index is 5.52. The Kier molecular flexibility index (Phi) is 1.26. The fraction of sp³-hybridized carbons (Fsp3) is 0.250. The summed E-state index contributed by atoms with van der Waals surface area (Å²) < 4.78 is 0. The average Bonchev–Trinajstić information content (AvgIpc) is 2.34. The van der Waals surface area contributed by atoms with Gasteiger partial charge in [0, 0.05) is 0 Å². The number of rotatable bonds is 0. The highest BCUT2D eigenvalue weighted by Gasteiger charge is 2.28. The predicted octanol–water partition coefficient (Wildman–Crippen LogP) is -1.98. The second-order valence-electron chi connectivity index (χ2n) is 2.13. The minimum atomic E-state index is -0.139. The van der Waals surface area contributed by atoms with Crippen LogP contribution in [0.15, 0.2) is 10.1 Å². The van der Waals surface area contributed by atoms with Crippen LogP contribution in [-0.4, -0.2) is 22.8 Å². The molecule has 2 aliphatic rings. The van der Waals surface area contributed by atoms with Crippen molar-refractivity contribution < 1.29 is 0 Å². The number of hydrazine groups is 1. The maximum atomic E-state index is 5.52. The van der Waals surface area contributed by atoms with Crippen LogP contribution in [0.25, 0.3) is 0 Å². The van der Waals surface area contributed by atoms with Crippen LogP contribution in [0.3, 0.4) is 0 Å². The van der Waals surface area contributed by atoms with E-state index in [1.54, 1.807) is 0 Å². The summed E-state index contributed by atoms with van der Waals surface area (Å²) in [5.41, 5.74) is 11.5. The molecule has 2 rings (SSSR count). The van der Waals surface area contributed by atoms with Gasteiger partial charge in [0.25, 0.3) is 0 Å². The molecule has 6 nitrogen and oxygen atoms in total. The highest BCUT2D eigenvalue weighted by molar-refractivity contribution is 7.80. The fourth-order valence-corrected chi connectivity index (χ4v) is 1.14. The molecule has 0 amide bonds. The van der Waals surface area contributed by atoms with Gasteiger partial charge in [-0.1, -0.05) is 0 Å². The third kappa shape index (κ3) is 0.938. The molecule has 2 aliphatic heterocycles. The molecule has 0 saturated carbocycles. The summed E-state index contributed by atoms with van der Waals surface area (Å²) in [6.45, 7) is 0. The first kappa shape index (κ1) is 6.50. The van der Waals surface area contributed by atoms with Crippen molar-refractivity contribution in [1.82, 2.24) is 16.3 Å². The zero-order valence-electron chi connectivity index (χ0n) is 5.46. The van der Waals surface area contributed by atoms with Crippen molar-refractivity contribution in [3.05, 3.63) is 0 Å². The second-order valence-corrected chi connectivity index (χ2v) is 2.52. The summed E-state index contributed by atoms with van der Waals surface area (Å²) in [6, 6.07) is 0. The first-order valence-corrected chi connectivity index (χ1v) is 3.41. The summed E-state index contributed by atoms with van der Waals surface area (Å²) in [5, 5.41) is 7.10. The van der Waals surface area contributed by atoms with Gasteiger partial charge in [-0.05, 0) is 12.2 Å². The standard InChI is InChI=1S/C4H6N6S/c5-2-1-3(9-10-8-1)7-4(11)6-2/h3,9-10H,(H3,5,6,7,11). The van der Waals surface area contributed by atoms with Gasteiger partial charge in [0.1, 0.15) is 11.9 Å². The number of hydrogen-bond acceptors (Lipinski definition) is 5. The molecule has 0 fully saturated rings. The Labute approximate surface area is 67.9 Å². The molecule has 0 spiro atoms. The molecule has 0 radical (unpaired) electrons. The van der Waals surface area contributed by atoms with E-state index in [1.165, 1.54) is 0 Å². The number of nitrogens with one attached hydrogen (secondary N) is 3. The lowest BCUT2D eigenvalue weighted by molar-refractivity contribution is 0.541. The van der Waals surface area contributed by atoms with Crippen LogP contribution in [0.1, 0.15) is 0 Å². The molecule has 5 N–H and O–H groups in total. The lowest BCUT2D eigenvalue weighted by Gasteiger charge is -2.18. The number of nitrogens with zero attached hydrogens (tertiary/aromatic N) is 2. The van der Waals surface area contributed by atoms with E-state index in [4.69, 9.17) is 18.0 Å². The quantitative estimate of drug-likeness (QED) is 0.317. The molecule has 0 bridgehead atoms. The average molecular weight is 170 g/mol. The van der Waals surface area contributed by atoms with Gasteiger partial charge >= 0.3 is 0 Å². The molecule has 1 unspecified atom stereocenters. The van der Waals surface area contributed by atoms with Crippen LogP contribution < -0.4 is 22.0 Å². The van der Waals surface area contributed by atoms with Crippen LogP contribution in [0.5, 0.6) is 0 Å². The molecule has 11 heavy (non-hydrogen) atoms. The molecule has 2 heterocycles. The van der Waals surface area contributed by atoms with E-state index in [2.05, 4.69) is 26.4 Å². The summed E-state index contributed by atoms with van der Waals surface area (Å²) in [7, 11) is 0. The summed E-state index contributed by atoms with van der Waals surface area (Å²) in [4.78, 5) is 3.83. The normalized spacial score (nSPS) is 28.0. The van der Waals surface area contributed by atoms with Gasteiger partial charge in [-0.2, -0.15) is 10.5 Å². The first-order chi connectivity index (χ1) is 5.27. The number of nitrogens with two attached hydrogens (primary N) is 1. The van der Waals surface area contributed by atoms with Crippen LogP contribution in [-0.2, 0) is 0 Å². The van der Waals surface area contributed by atoms with E-state index in [0.717, 1.165) is 0 Å². The summed E-state index contributed by atoms with van der Waals surface area (Å²) in [6.07, 6.45) is -0.139. The Balaban J connectivity index is 2.36. The largest absolute Gasteiger partial charge is 0.382 e. The van der Waals surface area contributed by atoms with Gasteiger partial charge < -0.3 is 11.1 Å².